The third-order valence-electron chi connectivity index (χ3n) is 0.444. The van der Waals surface area contributed by atoms with Crippen molar-refractivity contribution in [1.29, 1.82) is 0 Å². The Morgan fingerprint density at radius 2 is 2.25 bits per heavy atom. The Morgan fingerprint density at radius 1 is 1.75 bits per heavy atom. The molecule has 0 aliphatic heterocycles. The van der Waals surface area contributed by atoms with Crippen molar-refractivity contribution in [3.8, 4) is 0 Å². The molecule has 0 aromatic heterocycles. The zero-order valence-electron chi connectivity index (χ0n) is 4.80. The minimum atomic E-state index is -2.16. The molecule has 1 N–H and O–H groups in total. The minimum Gasteiger partial charge on any atom is -0.755 e. The summed E-state index contributed by atoms with van der Waals surface area (Å²) in [6.07, 6.45) is 1.42. The number of rotatable bonds is 2. The minimum absolute atomic E-state index is 0.925. The molecule has 0 radical (unpaired) electrons. The third-order valence-corrected chi connectivity index (χ3v) is 0.754. The molecule has 0 saturated carbocycles. The first-order valence-electron chi connectivity index (χ1n) is 2.11. The van der Waals surface area contributed by atoms with E-state index in [1.54, 1.807) is 13.8 Å². The normalized spacial score (nSPS) is 12.4. The van der Waals surface area contributed by atoms with Crippen molar-refractivity contribution >= 4 is 11.3 Å². The molecule has 0 aliphatic carbocycles. The number of hydrogen-bond donors (Lipinski definition) is 1. The van der Waals surface area contributed by atoms with Gasteiger partial charge in [-0.25, -0.2) is 0 Å². The first-order chi connectivity index (χ1) is 3.63. The van der Waals surface area contributed by atoms with Crippen molar-refractivity contribution in [2.45, 2.75) is 13.8 Å². The van der Waals surface area contributed by atoms with Crippen molar-refractivity contribution in [3.63, 3.8) is 0 Å². The molecule has 0 spiro atoms. The smallest absolute Gasteiger partial charge is 0.0442 e. The lowest BCUT2D eigenvalue weighted by Gasteiger charge is -2.01. The van der Waals surface area contributed by atoms with Crippen LogP contribution in [-0.4, -0.2) is 8.76 Å². The van der Waals surface area contributed by atoms with Gasteiger partial charge in [-0.3, -0.25) is 4.21 Å². The van der Waals surface area contributed by atoms with Gasteiger partial charge in [0.25, 0.3) is 0 Å². The van der Waals surface area contributed by atoms with Gasteiger partial charge in [-0.05, 0) is 13.8 Å². The van der Waals surface area contributed by atoms with E-state index in [1.165, 1.54) is 6.20 Å². The summed E-state index contributed by atoms with van der Waals surface area (Å²) in [7, 11) is 0. The van der Waals surface area contributed by atoms with Crippen molar-refractivity contribution in [3.05, 3.63) is 11.8 Å². The van der Waals surface area contributed by atoms with Gasteiger partial charge in [0, 0.05) is 17.5 Å². The maximum atomic E-state index is 9.75. The van der Waals surface area contributed by atoms with Crippen LogP contribution in [0, 0.1) is 0 Å². The van der Waals surface area contributed by atoms with Gasteiger partial charge in [0.05, 0.1) is 0 Å². The lowest BCUT2D eigenvalue weighted by atomic mass is 10.4. The molecule has 0 aliphatic rings. The second kappa shape index (κ2) is 3.63. The Kier molecular flexibility index (Phi) is 3.47. The molecule has 3 nitrogen and oxygen atoms in total. The lowest BCUT2D eigenvalue weighted by Crippen LogP contribution is -2.07. The van der Waals surface area contributed by atoms with Crippen LogP contribution in [-0.2, 0) is 11.3 Å². The molecule has 0 aromatic carbocycles. The summed E-state index contributed by atoms with van der Waals surface area (Å²) in [6.45, 7) is 3.61. The predicted molar refractivity (Wildman–Crippen MR) is 31.5 cm³/mol. The van der Waals surface area contributed by atoms with Gasteiger partial charge in [0.2, 0.25) is 0 Å². The first kappa shape index (κ1) is 7.65. The average molecular weight is 134 g/mol. The van der Waals surface area contributed by atoms with E-state index < -0.39 is 11.3 Å². The summed E-state index contributed by atoms with van der Waals surface area (Å²) in [5, 5.41) is 0. The van der Waals surface area contributed by atoms with E-state index in [2.05, 4.69) is 4.72 Å². The van der Waals surface area contributed by atoms with E-state index in [0.717, 1.165) is 5.57 Å². The van der Waals surface area contributed by atoms with Crippen molar-refractivity contribution in [2.24, 2.45) is 0 Å². The zero-order chi connectivity index (χ0) is 6.57. The van der Waals surface area contributed by atoms with Crippen molar-refractivity contribution in [1.82, 2.24) is 4.72 Å². The van der Waals surface area contributed by atoms with Gasteiger partial charge in [-0.1, -0.05) is 5.57 Å². The standard InChI is InChI=1S/C4H9NO2S/c1-4(2)3-5-8(6)7/h3,5H,1-2H3,(H,6,7)/p-1. The molecule has 0 fully saturated rings. The van der Waals surface area contributed by atoms with Crippen LogP contribution in [0.5, 0.6) is 0 Å². The molecule has 0 amide bonds. The van der Waals surface area contributed by atoms with Crippen molar-refractivity contribution in [2.75, 3.05) is 0 Å². The third kappa shape index (κ3) is 5.65. The van der Waals surface area contributed by atoms with Gasteiger partial charge in [0.15, 0.2) is 0 Å². The quantitative estimate of drug-likeness (QED) is 0.552. The molecule has 0 saturated heterocycles. The highest BCUT2D eigenvalue weighted by molar-refractivity contribution is 7.77. The van der Waals surface area contributed by atoms with Gasteiger partial charge in [-0.15, -0.1) is 0 Å². The Morgan fingerprint density at radius 3 is 2.38 bits per heavy atom. The van der Waals surface area contributed by atoms with Crippen LogP contribution < -0.4 is 4.72 Å². The molecule has 0 rings (SSSR count). The van der Waals surface area contributed by atoms with Crippen LogP contribution in [0.4, 0.5) is 0 Å². The second-order valence-corrected chi connectivity index (χ2v) is 2.28. The Labute approximate surface area is 51.2 Å². The lowest BCUT2D eigenvalue weighted by molar-refractivity contribution is 0.531. The molecular weight excluding hydrogens is 126 g/mol. The van der Waals surface area contributed by atoms with E-state index in [0.29, 0.717) is 0 Å². The SMILES string of the molecule is CC(C)=CNS(=O)[O-]. The van der Waals surface area contributed by atoms with Crippen LogP contribution in [0.25, 0.3) is 0 Å². The molecule has 8 heavy (non-hydrogen) atoms. The zero-order valence-corrected chi connectivity index (χ0v) is 5.62. The highest BCUT2D eigenvalue weighted by Gasteiger charge is 1.73. The molecule has 48 valence electrons. The number of nitrogens with one attached hydrogen (secondary N) is 1. The van der Waals surface area contributed by atoms with E-state index in [4.69, 9.17) is 0 Å². The van der Waals surface area contributed by atoms with Crippen LogP contribution in [0.3, 0.4) is 0 Å². The summed E-state index contributed by atoms with van der Waals surface area (Å²) in [6, 6.07) is 0. The monoisotopic (exact) mass is 134 g/mol. The Bertz CT molecular complexity index is 117. The molecule has 0 heterocycles. The van der Waals surface area contributed by atoms with Crippen LogP contribution >= 0.6 is 0 Å². The fourth-order valence-electron chi connectivity index (χ4n) is 0.166. The number of hydrogen-bond acceptors (Lipinski definition) is 2. The maximum Gasteiger partial charge on any atom is 0.0442 e. The molecule has 0 aromatic rings. The van der Waals surface area contributed by atoms with Crippen LogP contribution in [0.15, 0.2) is 11.8 Å². The van der Waals surface area contributed by atoms with Crippen molar-refractivity contribution < 1.29 is 8.76 Å². The summed E-state index contributed by atoms with van der Waals surface area (Å²) < 4.78 is 21.6. The molecule has 4 heteroatoms. The van der Waals surface area contributed by atoms with Gasteiger partial charge in [0.1, 0.15) is 0 Å². The molecular formula is C4H8NO2S-. The van der Waals surface area contributed by atoms with Gasteiger partial charge >= 0.3 is 0 Å². The van der Waals surface area contributed by atoms with Gasteiger partial charge in [-0.2, -0.15) is 0 Å². The van der Waals surface area contributed by atoms with E-state index in [-0.39, 0.29) is 0 Å². The maximum absolute atomic E-state index is 9.75. The summed E-state index contributed by atoms with van der Waals surface area (Å²) in [4.78, 5) is 0. The highest BCUT2D eigenvalue weighted by atomic mass is 32.2. The molecule has 1 atom stereocenters. The first-order valence-corrected chi connectivity index (χ1v) is 3.19. The molecule has 1 unspecified atom stereocenters. The summed E-state index contributed by atoms with van der Waals surface area (Å²) >= 11 is -2.16. The molecule has 0 bridgehead atoms. The van der Waals surface area contributed by atoms with E-state index in [9.17, 15) is 8.76 Å². The fraction of sp³-hybridized carbons (Fsp3) is 0.500. The largest absolute Gasteiger partial charge is 0.755 e. The topological polar surface area (TPSA) is 52.2 Å². The number of allylic oxidation sites excluding steroid dienone is 1. The van der Waals surface area contributed by atoms with Crippen LogP contribution in [0.2, 0.25) is 0 Å². The van der Waals surface area contributed by atoms with E-state index >= 15 is 0 Å². The van der Waals surface area contributed by atoms with Crippen LogP contribution in [0.1, 0.15) is 13.8 Å². The summed E-state index contributed by atoms with van der Waals surface area (Å²) in [5.74, 6) is 0. The van der Waals surface area contributed by atoms with E-state index in [1.807, 2.05) is 0 Å². The highest BCUT2D eigenvalue weighted by Crippen LogP contribution is 1.82. The Hall–Kier alpha value is -0.350. The summed E-state index contributed by atoms with van der Waals surface area (Å²) in [5.41, 5.74) is 0.925. The van der Waals surface area contributed by atoms with Gasteiger partial charge < -0.3 is 9.27 Å². The second-order valence-electron chi connectivity index (χ2n) is 1.57. The Balaban J connectivity index is 3.45. The average Bonchev–Trinajstić information content (AvgIpc) is 1.61. The predicted octanol–water partition coefficient (Wildman–Crippen LogP) is 0.294. The fourth-order valence-corrected chi connectivity index (χ4v) is 0.498.